The molecule has 10 heteroatoms. The van der Waals surface area contributed by atoms with Crippen LogP contribution in [0.5, 0.6) is 5.75 Å². The van der Waals surface area contributed by atoms with E-state index in [2.05, 4.69) is 33.5 Å². The number of benzene rings is 2. The molecule has 0 aromatic heterocycles. The van der Waals surface area contributed by atoms with Gasteiger partial charge in [0, 0.05) is 23.2 Å². The highest BCUT2D eigenvalue weighted by atomic mass is 79.9. The summed E-state index contributed by atoms with van der Waals surface area (Å²) in [6.07, 6.45) is 1.75. The molecule has 166 valence electrons. The second-order valence-corrected chi connectivity index (χ2v) is 10.6. The fourth-order valence-electron chi connectivity index (χ4n) is 3.09. The number of hydrogen-bond donors (Lipinski definition) is 2. The van der Waals surface area contributed by atoms with E-state index in [0.717, 1.165) is 17.3 Å². The van der Waals surface area contributed by atoms with Crippen molar-refractivity contribution in [3.63, 3.8) is 0 Å². The summed E-state index contributed by atoms with van der Waals surface area (Å²) < 4.78 is 33.4. The zero-order valence-electron chi connectivity index (χ0n) is 17.0. The quantitative estimate of drug-likeness (QED) is 0.558. The number of anilines is 1. The lowest BCUT2D eigenvalue weighted by atomic mass is 10.0. The lowest BCUT2D eigenvalue weighted by Gasteiger charge is -2.29. The van der Waals surface area contributed by atoms with Gasteiger partial charge in [-0.2, -0.15) is 4.31 Å². The van der Waals surface area contributed by atoms with E-state index in [4.69, 9.17) is 17.0 Å². The van der Waals surface area contributed by atoms with Crippen LogP contribution in [0.3, 0.4) is 0 Å². The predicted molar refractivity (Wildman–Crippen MR) is 128 cm³/mol. The lowest BCUT2D eigenvalue weighted by molar-refractivity contribution is -0.121. The van der Waals surface area contributed by atoms with E-state index in [1.165, 1.54) is 16.4 Å². The highest BCUT2D eigenvalue weighted by Crippen LogP contribution is 2.24. The topological polar surface area (TPSA) is 87.7 Å². The third-order valence-electron chi connectivity index (χ3n) is 4.93. The zero-order chi connectivity index (χ0) is 22.4. The van der Waals surface area contributed by atoms with Crippen LogP contribution in [0, 0.1) is 5.92 Å². The first-order valence-corrected chi connectivity index (χ1v) is 12.5. The van der Waals surface area contributed by atoms with Crippen molar-refractivity contribution in [3.05, 3.63) is 53.0 Å². The Kier molecular flexibility index (Phi) is 8.04. The number of piperidine rings is 1. The van der Waals surface area contributed by atoms with Crippen molar-refractivity contribution >= 4 is 54.9 Å². The van der Waals surface area contributed by atoms with Gasteiger partial charge in [0.2, 0.25) is 10.0 Å². The predicted octanol–water partition coefficient (Wildman–Crippen LogP) is 3.76. The van der Waals surface area contributed by atoms with Gasteiger partial charge in [-0.05, 0) is 79.5 Å². The fraction of sp³-hybridized carbons (Fsp3) is 0.333. The number of halogens is 1. The van der Waals surface area contributed by atoms with Crippen LogP contribution in [0.15, 0.2) is 57.9 Å². The molecule has 0 spiro atoms. The van der Waals surface area contributed by atoms with Crippen LogP contribution in [0.2, 0.25) is 0 Å². The zero-order valence-corrected chi connectivity index (χ0v) is 20.2. The van der Waals surface area contributed by atoms with Crippen LogP contribution in [0.1, 0.15) is 19.8 Å². The smallest absolute Gasteiger partial charge is 0.264 e. The first-order valence-electron chi connectivity index (χ1n) is 9.83. The van der Waals surface area contributed by atoms with E-state index in [-0.39, 0.29) is 16.6 Å². The number of thiocarbonyl (C=S) groups is 1. The normalized spacial score (nSPS) is 15.3. The van der Waals surface area contributed by atoms with Gasteiger partial charge in [0.15, 0.2) is 11.7 Å². The third kappa shape index (κ3) is 6.73. The summed E-state index contributed by atoms with van der Waals surface area (Å²) in [6.45, 7) is 3.04. The van der Waals surface area contributed by atoms with E-state index < -0.39 is 15.9 Å². The van der Waals surface area contributed by atoms with Gasteiger partial charge in [0.05, 0.1) is 4.90 Å². The van der Waals surface area contributed by atoms with Crippen molar-refractivity contribution in [1.82, 2.24) is 9.62 Å². The molecule has 2 aromatic carbocycles. The molecule has 1 aliphatic heterocycles. The molecule has 7 nitrogen and oxygen atoms in total. The Morgan fingerprint density at radius 1 is 1.13 bits per heavy atom. The molecular formula is C21H24BrN3O4S2. The van der Waals surface area contributed by atoms with Crippen LogP contribution >= 0.6 is 28.1 Å². The third-order valence-corrected chi connectivity index (χ3v) is 7.57. The number of amides is 1. The van der Waals surface area contributed by atoms with Crippen LogP contribution in [0.25, 0.3) is 0 Å². The van der Waals surface area contributed by atoms with E-state index in [0.29, 0.717) is 30.4 Å². The van der Waals surface area contributed by atoms with Crippen LogP contribution < -0.4 is 15.4 Å². The number of carbonyl (C=O) groups excluding carboxylic acids is 1. The molecule has 0 atom stereocenters. The van der Waals surface area contributed by atoms with Crippen molar-refractivity contribution in [2.75, 3.05) is 25.0 Å². The second kappa shape index (κ2) is 10.5. The number of hydrogen-bond acceptors (Lipinski definition) is 5. The summed E-state index contributed by atoms with van der Waals surface area (Å²) in [4.78, 5) is 12.3. The minimum absolute atomic E-state index is 0.102. The van der Waals surface area contributed by atoms with Crippen molar-refractivity contribution in [3.8, 4) is 5.75 Å². The largest absolute Gasteiger partial charge is 0.484 e. The number of ether oxygens (including phenoxy) is 1. The van der Waals surface area contributed by atoms with Crippen LogP contribution in [-0.2, 0) is 14.8 Å². The maximum absolute atomic E-state index is 12.8. The number of rotatable bonds is 6. The Balaban J connectivity index is 1.50. The fourth-order valence-corrected chi connectivity index (χ4v) is 5.06. The molecule has 31 heavy (non-hydrogen) atoms. The molecule has 0 aliphatic carbocycles. The van der Waals surface area contributed by atoms with Gasteiger partial charge in [-0.15, -0.1) is 0 Å². The number of sulfonamides is 1. The Bertz CT molecular complexity index is 1020. The number of carbonyl (C=O) groups is 1. The Hall–Kier alpha value is -2.01. The molecule has 0 saturated carbocycles. The van der Waals surface area contributed by atoms with Crippen LogP contribution in [0.4, 0.5) is 5.69 Å². The van der Waals surface area contributed by atoms with Gasteiger partial charge in [0.1, 0.15) is 5.75 Å². The number of nitrogens with zero attached hydrogens (tertiary/aromatic N) is 1. The molecule has 0 bridgehead atoms. The molecule has 3 rings (SSSR count). The molecular weight excluding hydrogens is 502 g/mol. The standard InChI is InChI=1S/C21H24BrN3O4S2/c1-15-10-12-25(13-11-15)31(27,28)19-8-4-17(5-9-19)23-21(30)24-20(26)14-29-18-6-2-16(22)3-7-18/h2-9,15H,10-14H2,1H3,(H2,23,24,26,30). The van der Waals surface area contributed by atoms with E-state index in [1.54, 1.807) is 24.3 Å². The van der Waals surface area contributed by atoms with Gasteiger partial charge < -0.3 is 10.1 Å². The number of nitrogens with one attached hydrogen (secondary N) is 2. The van der Waals surface area contributed by atoms with Gasteiger partial charge in [-0.3, -0.25) is 10.1 Å². The molecule has 2 N–H and O–H groups in total. The van der Waals surface area contributed by atoms with Crippen molar-refractivity contribution in [2.45, 2.75) is 24.7 Å². The van der Waals surface area contributed by atoms with Crippen molar-refractivity contribution < 1.29 is 17.9 Å². The maximum Gasteiger partial charge on any atom is 0.264 e. The summed E-state index contributed by atoms with van der Waals surface area (Å²) in [6, 6.07) is 13.4. The molecule has 1 amide bonds. The van der Waals surface area contributed by atoms with Crippen molar-refractivity contribution in [1.29, 1.82) is 0 Å². The van der Waals surface area contributed by atoms with E-state index in [1.807, 2.05) is 12.1 Å². The molecule has 2 aromatic rings. The summed E-state index contributed by atoms with van der Waals surface area (Å²) >= 11 is 8.48. The molecule has 1 heterocycles. The highest BCUT2D eigenvalue weighted by Gasteiger charge is 2.27. The van der Waals surface area contributed by atoms with E-state index >= 15 is 0 Å². The summed E-state index contributed by atoms with van der Waals surface area (Å²) in [5, 5.41) is 5.51. The lowest BCUT2D eigenvalue weighted by Crippen LogP contribution is -2.38. The monoisotopic (exact) mass is 525 g/mol. The summed E-state index contributed by atoms with van der Waals surface area (Å²) in [7, 11) is -3.50. The van der Waals surface area contributed by atoms with Gasteiger partial charge in [-0.1, -0.05) is 22.9 Å². The first-order chi connectivity index (χ1) is 14.7. The van der Waals surface area contributed by atoms with Gasteiger partial charge in [0.25, 0.3) is 5.91 Å². The van der Waals surface area contributed by atoms with Crippen molar-refractivity contribution in [2.24, 2.45) is 5.92 Å². The molecule has 1 aliphatic rings. The minimum Gasteiger partial charge on any atom is -0.484 e. The van der Waals surface area contributed by atoms with Crippen LogP contribution in [-0.4, -0.2) is 43.4 Å². The molecule has 0 unspecified atom stereocenters. The Morgan fingerprint density at radius 2 is 1.74 bits per heavy atom. The average molecular weight is 526 g/mol. The molecule has 0 radical (unpaired) electrons. The highest BCUT2D eigenvalue weighted by molar-refractivity contribution is 9.10. The average Bonchev–Trinajstić information content (AvgIpc) is 2.74. The Labute approximate surface area is 196 Å². The Morgan fingerprint density at radius 3 is 2.35 bits per heavy atom. The first kappa shape index (κ1) is 23.6. The SMILES string of the molecule is CC1CCN(S(=O)(=O)c2ccc(NC(=S)NC(=O)COc3ccc(Br)cc3)cc2)CC1. The second-order valence-electron chi connectivity index (χ2n) is 7.36. The van der Waals surface area contributed by atoms with E-state index in [9.17, 15) is 13.2 Å². The summed E-state index contributed by atoms with van der Waals surface area (Å²) in [5.74, 6) is 0.714. The minimum atomic E-state index is -3.50. The van der Waals surface area contributed by atoms with Gasteiger partial charge >= 0.3 is 0 Å². The summed E-state index contributed by atoms with van der Waals surface area (Å²) in [5.41, 5.74) is 0.574. The maximum atomic E-state index is 12.8. The molecule has 1 saturated heterocycles. The van der Waals surface area contributed by atoms with Gasteiger partial charge in [-0.25, -0.2) is 8.42 Å². The molecule has 1 fully saturated rings.